The first-order chi connectivity index (χ1) is 14.9. The van der Waals surface area contributed by atoms with E-state index in [4.69, 9.17) is 11.2 Å². The molecule has 0 fully saturated rings. The third-order valence-electron chi connectivity index (χ3n) is 4.18. The normalized spacial score (nSPS) is 10.8. The molecule has 0 aliphatic heterocycles. The van der Waals surface area contributed by atoms with Crippen LogP contribution < -0.4 is 14.8 Å². The van der Waals surface area contributed by atoms with Crippen molar-refractivity contribution in [1.29, 1.82) is 0 Å². The molecular formula is C23H19FN2O4S. The van der Waals surface area contributed by atoms with Crippen LogP contribution in [0.3, 0.4) is 0 Å². The van der Waals surface area contributed by atoms with Crippen LogP contribution in [-0.2, 0) is 16.6 Å². The lowest BCUT2D eigenvalue weighted by molar-refractivity contribution is 0.102. The Labute approximate surface area is 180 Å². The zero-order valence-electron chi connectivity index (χ0n) is 16.3. The highest BCUT2D eigenvalue weighted by Gasteiger charge is 2.14. The Bertz CT molecular complexity index is 1220. The third kappa shape index (κ3) is 6.15. The summed E-state index contributed by atoms with van der Waals surface area (Å²) in [5.74, 6) is 1.82. The molecule has 0 aliphatic carbocycles. The number of hydrogen-bond acceptors (Lipinski definition) is 4. The summed E-state index contributed by atoms with van der Waals surface area (Å²) in [7, 11) is -3.72. The molecule has 2 N–H and O–H groups in total. The van der Waals surface area contributed by atoms with Crippen LogP contribution >= 0.6 is 0 Å². The van der Waals surface area contributed by atoms with Crippen LogP contribution in [-0.4, -0.2) is 20.9 Å². The van der Waals surface area contributed by atoms with Crippen molar-refractivity contribution in [3.05, 3.63) is 89.7 Å². The average Bonchev–Trinajstić information content (AvgIpc) is 2.77. The van der Waals surface area contributed by atoms with E-state index < -0.39 is 15.9 Å². The van der Waals surface area contributed by atoms with Gasteiger partial charge in [0, 0.05) is 17.3 Å². The summed E-state index contributed by atoms with van der Waals surface area (Å²) in [6.45, 7) is 0.0776. The summed E-state index contributed by atoms with van der Waals surface area (Å²) in [6.07, 6.45) is 5.06. The molecule has 0 unspecified atom stereocenters. The van der Waals surface area contributed by atoms with Gasteiger partial charge >= 0.3 is 0 Å². The van der Waals surface area contributed by atoms with Gasteiger partial charge in [-0.15, -0.1) is 6.42 Å². The van der Waals surface area contributed by atoms with Crippen LogP contribution in [0.25, 0.3) is 0 Å². The van der Waals surface area contributed by atoms with Crippen LogP contribution in [0.2, 0.25) is 0 Å². The molecule has 8 heteroatoms. The molecule has 3 aromatic rings. The number of carbonyl (C=O) groups excluding carboxylic acids is 1. The lowest BCUT2D eigenvalue weighted by Crippen LogP contribution is -2.24. The Balaban J connectivity index is 1.64. The van der Waals surface area contributed by atoms with Gasteiger partial charge in [-0.1, -0.05) is 24.1 Å². The van der Waals surface area contributed by atoms with E-state index in [0.29, 0.717) is 11.4 Å². The third-order valence-corrected chi connectivity index (χ3v) is 5.59. The predicted molar refractivity (Wildman–Crippen MR) is 116 cm³/mol. The number of halogens is 1. The van der Waals surface area contributed by atoms with E-state index in [1.165, 1.54) is 36.4 Å². The Kier molecular flexibility index (Phi) is 7.03. The molecule has 0 heterocycles. The minimum atomic E-state index is -3.72. The first-order valence-electron chi connectivity index (χ1n) is 9.19. The molecule has 0 aromatic heterocycles. The maximum atomic E-state index is 13.2. The molecule has 1 amide bonds. The topological polar surface area (TPSA) is 84.5 Å². The molecule has 0 radical (unpaired) electrons. The number of rotatable bonds is 8. The molecule has 6 nitrogen and oxygen atoms in total. The fraction of sp³-hybridized carbons (Fsp3) is 0.0870. The highest BCUT2D eigenvalue weighted by molar-refractivity contribution is 7.89. The van der Waals surface area contributed by atoms with Gasteiger partial charge in [-0.2, -0.15) is 4.72 Å². The Morgan fingerprint density at radius 2 is 1.77 bits per heavy atom. The number of carbonyl (C=O) groups is 1. The fourth-order valence-corrected chi connectivity index (χ4v) is 3.61. The molecule has 3 rings (SSSR count). The fourth-order valence-electron chi connectivity index (χ4n) is 2.67. The summed E-state index contributed by atoms with van der Waals surface area (Å²) >= 11 is 0. The van der Waals surface area contributed by atoms with Gasteiger partial charge in [-0.3, -0.25) is 4.79 Å². The van der Waals surface area contributed by atoms with E-state index in [2.05, 4.69) is 16.0 Å². The minimum absolute atomic E-state index is 0.01000. The van der Waals surface area contributed by atoms with E-state index in [9.17, 15) is 17.6 Å². The van der Waals surface area contributed by atoms with Crippen molar-refractivity contribution in [3.63, 3.8) is 0 Å². The van der Waals surface area contributed by atoms with Crippen molar-refractivity contribution in [3.8, 4) is 18.1 Å². The van der Waals surface area contributed by atoms with Gasteiger partial charge in [0.15, 0.2) is 0 Å². The van der Waals surface area contributed by atoms with Gasteiger partial charge in [0.1, 0.15) is 18.2 Å². The second kappa shape index (κ2) is 9.89. The number of anilines is 1. The number of benzene rings is 3. The van der Waals surface area contributed by atoms with Crippen molar-refractivity contribution in [1.82, 2.24) is 4.72 Å². The molecule has 3 aromatic carbocycles. The standard InChI is InChI=1S/C23H19FN2O4S/c1-2-13-25-31(28,29)22-11-9-18(10-12-22)23(27)26-20-7-3-5-17(14-20)16-30-21-8-4-6-19(24)15-21/h1,3-12,14-15,25H,13,16H2,(H,26,27). The number of nitrogens with one attached hydrogen (secondary N) is 2. The van der Waals surface area contributed by atoms with E-state index in [0.717, 1.165) is 5.56 Å². The number of amides is 1. The molecule has 0 saturated carbocycles. The quantitative estimate of drug-likeness (QED) is 0.527. The first kappa shape index (κ1) is 22.0. The van der Waals surface area contributed by atoms with Gasteiger partial charge in [0.05, 0.1) is 11.4 Å². The Morgan fingerprint density at radius 1 is 1.03 bits per heavy atom. The van der Waals surface area contributed by atoms with Crippen molar-refractivity contribution in [2.24, 2.45) is 0 Å². The van der Waals surface area contributed by atoms with Crippen LogP contribution in [0.1, 0.15) is 15.9 Å². The monoisotopic (exact) mass is 438 g/mol. The SMILES string of the molecule is C#CCNS(=O)(=O)c1ccc(C(=O)Nc2cccc(COc3cccc(F)c3)c2)cc1. The van der Waals surface area contributed by atoms with Crippen molar-refractivity contribution in [2.75, 3.05) is 11.9 Å². The van der Waals surface area contributed by atoms with Crippen molar-refractivity contribution in [2.45, 2.75) is 11.5 Å². The van der Waals surface area contributed by atoms with Crippen LogP contribution in [0.4, 0.5) is 10.1 Å². The molecule has 0 saturated heterocycles. The molecule has 158 valence electrons. The molecule has 0 aliphatic rings. The Morgan fingerprint density at radius 3 is 2.48 bits per heavy atom. The van der Waals surface area contributed by atoms with Gasteiger partial charge in [0.2, 0.25) is 10.0 Å². The van der Waals surface area contributed by atoms with Crippen LogP contribution in [0.5, 0.6) is 5.75 Å². The number of terminal acetylenes is 1. The zero-order valence-corrected chi connectivity index (χ0v) is 17.2. The van der Waals surface area contributed by atoms with E-state index in [-0.39, 0.29) is 29.4 Å². The Hall–Kier alpha value is -3.67. The summed E-state index contributed by atoms with van der Waals surface area (Å²) in [5, 5.41) is 2.75. The lowest BCUT2D eigenvalue weighted by atomic mass is 10.2. The van der Waals surface area contributed by atoms with Crippen molar-refractivity contribution < 1.29 is 22.3 Å². The minimum Gasteiger partial charge on any atom is -0.489 e. The highest BCUT2D eigenvalue weighted by atomic mass is 32.2. The lowest BCUT2D eigenvalue weighted by Gasteiger charge is -2.10. The maximum Gasteiger partial charge on any atom is 0.255 e. The van der Waals surface area contributed by atoms with Gasteiger partial charge in [0.25, 0.3) is 5.91 Å². The molecule has 31 heavy (non-hydrogen) atoms. The first-order valence-corrected chi connectivity index (χ1v) is 10.7. The maximum absolute atomic E-state index is 13.2. The van der Waals surface area contributed by atoms with Crippen molar-refractivity contribution >= 4 is 21.6 Å². The summed E-state index contributed by atoms with van der Waals surface area (Å²) in [6, 6.07) is 18.3. The smallest absolute Gasteiger partial charge is 0.255 e. The zero-order chi connectivity index (χ0) is 22.3. The summed E-state index contributed by atoms with van der Waals surface area (Å²) < 4.78 is 45.1. The summed E-state index contributed by atoms with van der Waals surface area (Å²) in [5.41, 5.74) is 1.61. The van der Waals surface area contributed by atoms with Gasteiger partial charge in [-0.05, 0) is 54.1 Å². The second-order valence-corrected chi connectivity index (χ2v) is 8.22. The number of sulfonamides is 1. The van der Waals surface area contributed by atoms with E-state index >= 15 is 0 Å². The molecule has 0 spiro atoms. The number of ether oxygens (including phenoxy) is 1. The predicted octanol–water partition coefficient (Wildman–Crippen LogP) is 3.57. The average molecular weight is 438 g/mol. The largest absolute Gasteiger partial charge is 0.489 e. The highest BCUT2D eigenvalue weighted by Crippen LogP contribution is 2.17. The van der Waals surface area contributed by atoms with E-state index in [1.807, 2.05) is 6.07 Å². The molecular weight excluding hydrogens is 419 g/mol. The molecule has 0 atom stereocenters. The number of hydrogen-bond donors (Lipinski definition) is 2. The summed E-state index contributed by atoms with van der Waals surface area (Å²) in [4.78, 5) is 12.5. The van der Waals surface area contributed by atoms with Crippen LogP contribution in [0.15, 0.2) is 77.7 Å². The molecule has 0 bridgehead atoms. The second-order valence-electron chi connectivity index (χ2n) is 6.45. The van der Waals surface area contributed by atoms with Crippen LogP contribution in [0, 0.1) is 18.2 Å². The van der Waals surface area contributed by atoms with Gasteiger partial charge in [-0.25, -0.2) is 12.8 Å². The van der Waals surface area contributed by atoms with E-state index in [1.54, 1.807) is 30.3 Å². The van der Waals surface area contributed by atoms with Gasteiger partial charge < -0.3 is 10.1 Å².